The second-order valence-corrected chi connectivity index (χ2v) is 2.86. The number of aryl methyl sites for hydroxylation is 1. The third kappa shape index (κ3) is 1.63. The van der Waals surface area contributed by atoms with E-state index in [1.165, 1.54) is 0 Å². The number of halogens is 1. The van der Waals surface area contributed by atoms with Gasteiger partial charge >= 0.3 is 0 Å². The first-order valence-corrected chi connectivity index (χ1v) is 3.48. The Balaban J connectivity index is 3.17. The summed E-state index contributed by atoms with van der Waals surface area (Å²) in [4.78, 5) is 0.908. The molecule has 0 unspecified atom stereocenters. The van der Waals surface area contributed by atoms with E-state index in [2.05, 4.69) is 12.6 Å². The average Bonchev–Trinajstić information content (AvgIpc) is 1.80. The Labute approximate surface area is 65.3 Å². The summed E-state index contributed by atoms with van der Waals surface area (Å²) < 4.78 is 0. The zero-order chi connectivity index (χ0) is 6.85. The van der Waals surface area contributed by atoms with E-state index in [9.17, 15) is 0 Å². The normalized spacial score (nSPS) is 9.67. The highest BCUT2D eigenvalue weighted by Gasteiger charge is 1.91. The Kier molecular flexibility index (Phi) is 2.04. The first-order chi connectivity index (χ1) is 4.20. The lowest BCUT2D eigenvalue weighted by molar-refractivity contribution is 1.38. The molecule has 2 heteroatoms. The van der Waals surface area contributed by atoms with Crippen LogP contribution in [-0.4, -0.2) is 0 Å². The van der Waals surface area contributed by atoms with Gasteiger partial charge in [-0.2, -0.15) is 0 Å². The molecule has 0 nitrogen and oxygen atoms in total. The van der Waals surface area contributed by atoms with Gasteiger partial charge in [0.1, 0.15) is 0 Å². The molecule has 0 N–H and O–H groups in total. The molecule has 0 aromatic heterocycles. The molecule has 0 saturated heterocycles. The zero-order valence-corrected chi connectivity index (χ0v) is 6.71. The molecule has 1 aromatic rings. The summed E-state index contributed by atoms with van der Waals surface area (Å²) in [6, 6.07) is 5.70. The predicted octanol–water partition coefficient (Wildman–Crippen LogP) is 2.94. The minimum atomic E-state index is 0.780. The van der Waals surface area contributed by atoms with Gasteiger partial charge in [-0.1, -0.05) is 17.7 Å². The summed E-state index contributed by atoms with van der Waals surface area (Å²) in [5, 5.41) is 0.780. The SMILES string of the molecule is Cc1ccc(S)cc1Cl. The molecule has 0 aliphatic heterocycles. The molecule has 0 radical (unpaired) electrons. The van der Waals surface area contributed by atoms with Crippen molar-refractivity contribution in [2.75, 3.05) is 0 Å². The molecule has 0 aliphatic rings. The highest BCUT2D eigenvalue weighted by Crippen LogP contribution is 2.18. The molecule has 9 heavy (non-hydrogen) atoms. The van der Waals surface area contributed by atoms with Gasteiger partial charge in [-0.25, -0.2) is 0 Å². The van der Waals surface area contributed by atoms with E-state index in [0.29, 0.717) is 0 Å². The maximum atomic E-state index is 5.77. The van der Waals surface area contributed by atoms with Crippen LogP contribution in [0.4, 0.5) is 0 Å². The quantitative estimate of drug-likeness (QED) is 0.552. The van der Waals surface area contributed by atoms with Gasteiger partial charge in [0.15, 0.2) is 0 Å². The molecule has 0 spiro atoms. The van der Waals surface area contributed by atoms with Crippen molar-refractivity contribution in [2.45, 2.75) is 11.8 Å². The van der Waals surface area contributed by atoms with E-state index in [0.717, 1.165) is 15.5 Å². The lowest BCUT2D eigenvalue weighted by Crippen LogP contribution is -1.72. The standard InChI is InChI=1S/C7H7ClS/c1-5-2-3-6(9)4-7(5)8/h2-4,9H,1H3. The molecule has 0 saturated carbocycles. The van der Waals surface area contributed by atoms with Crippen LogP contribution in [0.25, 0.3) is 0 Å². The van der Waals surface area contributed by atoms with Gasteiger partial charge in [-0.3, -0.25) is 0 Å². The van der Waals surface area contributed by atoms with Crippen LogP contribution in [0.5, 0.6) is 0 Å². The Hall–Kier alpha value is -0.140. The number of hydrogen-bond donors (Lipinski definition) is 1. The van der Waals surface area contributed by atoms with Crippen molar-refractivity contribution in [3.63, 3.8) is 0 Å². The molecule has 0 heterocycles. The lowest BCUT2D eigenvalue weighted by Gasteiger charge is -1.95. The van der Waals surface area contributed by atoms with Crippen molar-refractivity contribution in [3.8, 4) is 0 Å². The van der Waals surface area contributed by atoms with Gasteiger partial charge < -0.3 is 0 Å². The summed E-state index contributed by atoms with van der Waals surface area (Å²) >= 11 is 9.88. The number of hydrogen-bond acceptors (Lipinski definition) is 1. The second-order valence-electron chi connectivity index (χ2n) is 1.93. The second kappa shape index (κ2) is 2.63. The van der Waals surface area contributed by atoms with Crippen LogP contribution >= 0.6 is 24.2 Å². The van der Waals surface area contributed by atoms with E-state index in [4.69, 9.17) is 11.6 Å². The summed E-state index contributed by atoms with van der Waals surface area (Å²) in [5.74, 6) is 0. The third-order valence-corrected chi connectivity index (χ3v) is 1.84. The smallest absolute Gasteiger partial charge is 0.0446 e. The number of benzene rings is 1. The van der Waals surface area contributed by atoms with Crippen LogP contribution < -0.4 is 0 Å². The highest BCUT2D eigenvalue weighted by atomic mass is 35.5. The minimum absolute atomic E-state index is 0.780. The van der Waals surface area contributed by atoms with Crippen molar-refractivity contribution in [2.24, 2.45) is 0 Å². The monoisotopic (exact) mass is 158 g/mol. The molecule has 0 fully saturated rings. The average molecular weight is 159 g/mol. The molecule has 0 atom stereocenters. The zero-order valence-electron chi connectivity index (χ0n) is 5.06. The fourth-order valence-corrected chi connectivity index (χ4v) is 1.04. The summed E-state index contributed by atoms with van der Waals surface area (Å²) in [5.41, 5.74) is 1.09. The molecular weight excluding hydrogens is 152 g/mol. The molecule has 1 aromatic carbocycles. The van der Waals surface area contributed by atoms with Crippen LogP contribution in [0.2, 0.25) is 5.02 Å². The maximum Gasteiger partial charge on any atom is 0.0446 e. The fourth-order valence-electron chi connectivity index (χ4n) is 0.582. The van der Waals surface area contributed by atoms with Gasteiger partial charge in [-0.15, -0.1) is 12.6 Å². The highest BCUT2D eigenvalue weighted by molar-refractivity contribution is 7.80. The van der Waals surface area contributed by atoms with Crippen molar-refractivity contribution in [1.82, 2.24) is 0 Å². The third-order valence-electron chi connectivity index (χ3n) is 1.16. The minimum Gasteiger partial charge on any atom is -0.143 e. The van der Waals surface area contributed by atoms with Crippen molar-refractivity contribution in [1.29, 1.82) is 0 Å². The fraction of sp³-hybridized carbons (Fsp3) is 0.143. The van der Waals surface area contributed by atoms with Gasteiger partial charge in [0.2, 0.25) is 0 Å². The van der Waals surface area contributed by atoms with Crippen LogP contribution in [0.15, 0.2) is 23.1 Å². The van der Waals surface area contributed by atoms with Crippen molar-refractivity contribution < 1.29 is 0 Å². The molecular formula is C7H7ClS. The van der Waals surface area contributed by atoms with Gasteiger partial charge in [0.05, 0.1) is 0 Å². The van der Waals surface area contributed by atoms with Crippen LogP contribution in [0, 0.1) is 6.92 Å². The van der Waals surface area contributed by atoms with Gasteiger partial charge in [0.25, 0.3) is 0 Å². The van der Waals surface area contributed by atoms with E-state index < -0.39 is 0 Å². The Morgan fingerprint density at radius 1 is 1.44 bits per heavy atom. The largest absolute Gasteiger partial charge is 0.143 e. The van der Waals surface area contributed by atoms with Gasteiger partial charge in [-0.05, 0) is 24.6 Å². The summed E-state index contributed by atoms with van der Waals surface area (Å²) in [6.45, 7) is 1.97. The topological polar surface area (TPSA) is 0 Å². The van der Waals surface area contributed by atoms with Crippen molar-refractivity contribution >= 4 is 24.2 Å². The van der Waals surface area contributed by atoms with Gasteiger partial charge in [0, 0.05) is 9.92 Å². The lowest BCUT2D eigenvalue weighted by atomic mass is 10.2. The van der Waals surface area contributed by atoms with E-state index >= 15 is 0 Å². The number of rotatable bonds is 0. The Morgan fingerprint density at radius 3 is 2.56 bits per heavy atom. The molecule has 0 bridgehead atoms. The number of thiol groups is 1. The van der Waals surface area contributed by atoms with E-state index in [1.807, 2.05) is 25.1 Å². The molecule has 1 rings (SSSR count). The molecule has 48 valence electrons. The van der Waals surface area contributed by atoms with E-state index in [-0.39, 0.29) is 0 Å². The summed E-state index contributed by atoms with van der Waals surface area (Å²) in [6.07, 6.45) is 0. The first-order valence-electron chi connectivity index (χ1n) is 2.65. The van der Waals surface area contributed by atoms with Crippen LogP contribution in [0.3, 0.4) is 0 Å². The predicted molar refractivity (Wildman–Crippen MR) is 43.4 cm³/mol. The van der Waals surface area contributed by atoms with Crippen molar-refractivity contribution in [3.05, 3.63) is 28.8 Å². The molecule has 0 amide bonds. The first kappa shape index (κ1) is 6.97. The van der Waals surface area contributed by atoms with E-state index in [1.54, 1.807) is 0 Å². The maximum absolute atomic E-state index is 5.77. The molecule has 0 aliphatic carbocycles. The summed E-state index contributed by atoms with van der Waals surface area (Å²) in [7, 11) is 0. The Morgan fingerprint density at radius 2 is 2.11 bits per heavy atom. The van der Waals surface area contributed by atoms with Crippen LogP contribution in [0.1, 0.15) is 5.56 Å². The Bertz CT molecular complexity index is 220. The van der Waals surface area contributed by atoms with Crippen LogP contribution in [-0.2, 0) is 0 Å².